The molecule has 12 heteroatoms. The fraction of sp³-hybridized carbons (Fsp3) is 0.179. The maximum absolute atomic E-state index is 16.2. The number of benzene rings is 2. The van der Waals surface area contributed by atoms with E-state index in [4.69, 9.17) is 11.6 Å². The number of hydrogen-bond acceptors (Lipinski definition) is 7. The highest BCUT2D eigenvalue weighted by molar-refractivity contribution is 6.34. The summed E-state index contributed by atoms with van der Waals surface area (Å²) in [5, 5.41) is 13.0. The van der Waals surface area contributed by atoms with E-state index in [1.165, 1.54) is 36.5 Å². The minimum atomic E-state index is -0.998. The number of phenolic OH excluding ortho intramolecular Hbond substituents is 1. The van der Waals surface area contributed by atoms with Crippen molar-refractivity contribution in [3.8, 4) is 16.9 Å². The predicted molar refractivity (Wildman–Crippen MR) is 147 cm³/mol. The minimum Gasteiger partial charge on any atom is -0.507 e. The third-order valence-corrected chi connectivity index (χ3v) is 6.85. The van der Waals surface area contributed by atoms with Gasteiger partial charge in [-0.05, 0) is 43.3 Å². The van der Waals surface area contributed by atoms with Crippen LogP contribution in [-0.2, 0) is 4.79 Å². The Hall–Kier alpha value is -4.64. The molecular weight excluding hydrogens is 542 g/mol. The van der Waals surface area contributed by atoms with Crippen molar-refractivity contribution in [2.45, 2.75) is 6.92 Å². The van der Waals surface area contributed by atoms with Crippen LogP contribution < -0.4 is 10.2 Å². The van der Waals surface area contributed by atoms with Gasteiger partial charge in [0.2, 0.25) is 11.9 Å². The second-order valence-corrected chi connectivity index (χ2v) is 9.51. The first-order valence-electron chi connectivity index (χ1n) is 12.3. The summed E-state index contributed by atoms with van der Waals surface area (Å²) in [7, 11) is 0. The maximum Gasteiger partial charge on any atom is 0.258 e. The fourth-order valence-electron chi connectivity index (χ4n) is 4.59. The van der Waals surface area contributed by atoms with Crippen LogP contribution in [0.3, 0.4) is 0 Å². The summed E-state index contributed by atoms with van der Waals surface area (Å²) in [5.41, 5.74) is -0.116. The third-order valence-electron chi connectivity index (χ3n) is 6.55. The number of nitrogens with zero attached hydrogens (tertiary/aromatic N) is 5. The second kappa shape index (κ2) is 10.9. The van der Waals surface area contributed by atoms with Crippen LogP contribution in [0.1, 0.15) is 16.1 Å². The number of amides is 2. The van der Waals surface area contributed by atoms with Gasteiger partial charge in [-0.15, -0.1) is 0 Å². The van der Waals surface area contributed by atoms with Crippen molar-refractivity contribution in [2.75, 3.05) is 36.4 Å². The normalized spacial score (nSPS) is 13.4. The number of phenols is 1. The van der Waals surface area contributed by atoms with Crippen molar-refractivity contribution in [1.82, 2.24) is 19.9 Å². The van der Waals surface area contributed by atoms with E-state index in [0.29, 0.717) is 37.4 Å². The molecule has 2 amide bonds. The van der Waals surface area contributed by atoms with Crippen LogP contribution in [0.5, 0.6) is 5.75 Å². The van der Waals surface area contributed by atoms with Gasteiger partial charge in [0.15, 0.2) is 5.82 Å². The average Bonchev–Trinajstić information content (AvgIpc) is 2.94. The van der Waals surface area contributed by atoms with E-state index < -0.39 is 28.9 Å². The summed E-state index contributed by atoms with van der Waals surface area (Å²) in [6.45, 7) is 6.65. The quantitative estimate of drug-likeness (QED) is 0.337. The van der Waals surface area contributed by atoms with Crippen LogP contribution in [0.2, 0.25) is 5.02 Å². The average molecular weight is 565 g/mol. The lowest BCUT2D eigenvalue weighted by Gasteiger charge is -2.35. The molecule has 40 heavy (non-hydrogen) atoms. The van der Waals surface area contributed by atoms with E-state index in [-0.39, 0.29) is 39.2 Å². The number of hydrogen-bond donors (Lipinski definition) is 2. The Morgan fingerprint density at radius 2 is 1.85 bits per heavy atom. The smallest absolute Gasteiger partial charge is 0.258 e. The largest absolute Gasteiger partial charge is 0.507 e. The third kappa shape index (κ3) is 5.03. The zero-order chi connectivity index (χ0) is 28.6. The summed E-state index contributed by atoms with van der Waals surface area (Å²) in [4.78, 5) is 41.3. The van der Waals surface area contributed by atoms with Crippen molar-refractivity contribution in [3.63, 3.8) is 0 Å². The van der Waals surface area contributed by atoms with E-state index in [1.807, 2.05) is 4.90 Å². The van der Waals surface area contributed by atoms with Gasteiger partial charge in [-0.1, -0.05) is 24.2 Å². The molecule has 204 valence electrons. The van der Waals surface area contributed by atoms with E-state index in [1.54, 1.807) is 17.9 Å². The molecule has 2 aromatic heterocycles. The SMILES string of the molecule is C=CC(=O)N1CCN(c2nc(NC(=O)c3ccnc(C)c3)nc3c(F)c(-c4c(O)cccc4F)c(Cl)cc23)CC1. The molecule has 5 rings (SSSR count). The number of nitrogens with one attached hydrogen (secondary N) is 1. The molecule has 0 aliphatic carbocycles. The standard InChI is InChI=1S/C28H23ClF2N6O3/c1-3-21(39)36-9-11-37(12-10-36)26-17-14-18(29)22(23-19(30)5-4-6-20(23)38)24(31)25(17)33-28(34-26)35-27(40)16-7-8-32-15(2)13-16/h3-8,13-14,38H,1,9-12H2,2H3,(H,33,34,35,40). The number of carbonyl (C=O) groups is 2. The Kier molecular flexibility index (Phi) is 7.31. The van der Waals surface area contributed by atoms with Crippen LogP contribution in [0.15, 0.2) is 55.3 Å². The maximum atomic E-state index is 16.2. The van der Waals surface area contributed by atoms with Gasteiger partial charge >= 0.3 is 0 Å². The lowest BCUT2D eigenvalue weighted by molar-refractivity contribution is -0.126. The Morgan fingerprint density at radius 1 is 1.10 bits per heavy atom. The summed E-state index contributed by atoms with van der Waals surface area (Å²) in [6.07, 6.45) is 2.72. The molecule has 0 unspecified atom stereocenters. The number of anilines is 2. The number of aromatic nitrogens is 3. The molecule has 9 nitrogen and oxygen atoms in total. The molecule has 1 saturated heterocycles. The van der Waals surface area contributed by atoms with Gasteiger partial charge in [0, 0.05) is 54.6 Å². The molecule has 1 aliphatic rings. The molecule has 0 spiro atoms. The molecule has 0 bridgehead atoms. The van der Waals surface area contributed by atoms with Crippen molar-refractivity contribution in [1.29, 1.82) is 0 Å². The highest BCUT2D eigenvalue weighted by atomic mass is 35.5. The highest BCUT2D eigenvalue weighted by Crippen LogP contribution is 2.42. The number of halogens is 3. The molecule has 2 aromatic carbocycles. The van der Waals surface area contributed by atoms with E-state index >= 15 is 4.39 Å². The van der Waals surface area contributed by atoms with Crippen molar-refractivity contribution >= 4 is 46.1 Å². The van der Waals surface area contributed by atoms with Gasteiger partial charge in [0.25, 0.3) is 5.91 Å². The summed E-state index contributed by atoms with van der Waals surface area (Å²) < 4.78 is 30.9. The van der Waals surface area contributed by atoms with E-state index in [2.05, 4.69) is 26.8 Å². The van der Waals surface area contributed by atoms with Crippen LogP contribution in [0, 0.1) is 18.6 Å². The number of rotatable bonds is 5. The molecule has 0 atom stereocenters. The van der Waals surface area contributed by atoms with Crippen molar-refractivity contribution in [2.24, 2.45) is 0 Å². The molecule has 1 fully saturated rings. The topological polar surface area (TPSA) is 112 Å². The van der Waals surface area contributed by atoms with Gasteiger partial charge in [-0.25, -0.2) is 13.8 Å². The summed E-state index contributed by atoms with van der Waals surface area (Å²) in [5.74, 6) is -3.06. The molecular formula is C28H23ClF2N6O3. The molecule has 1 aliphatic heterocycles. The second-order valence-electron chi connectivity index (χ2n) is 9.10. The number of pyridine rings is 1. The van der Waals surface area contributed by atoms with Crippen LogP contribution in [0.25, 0.3) is 22.0 Å². The van der Waals surface area contributed by atoms with Crippen LogP contribution in [-0.4, -0.2) is 63.0 Å². The highest BCUT2D eigenvalue weighted by Gasteiger charge is 2.27. The monoisotopic (exact) mass is 564 g/mol. The number of aromatic hydroxyl groups is 1. The van der Waals surface area contributed by atoms with Gasteiger partial charge in [-0.3, -0.25) is 19.9 Å². The van der Waals surface area contributed by atoms with Gasteiger partial charge in [-0.2, -0.15) is 4.98 Å². The zero-order valence-corrected chi connectivity index (χ0v) is 22.0. The number of aryl methyl sites for hydroxylation is 1. The first kappa shape index (κ1) is 26.9. The number of piperazine rings is 1. The van der Waals surface area contributed by atoms with Crippen molar-refractivity contribution < 1.29 is 23.5 Å². The van der Waals surface area contributed by atoms with E-state index in [9.17, 15) is 19.1 Å². The first-order chi connectivity index (χ1) is 19.2. The lowest BCUT2D eigenvalue weighted by Crippen LogP contribution is -2.48. The number of carbonyl (C=O) groups excluding carboxylic acids is 2. The molecule has 0 radical (unpaired) electrons. The summed E-state index contributed by atoms with van der Waals surface area (Å²) >= 11 is 6.47. The fourth-order valence-corrected chi connectivity index (χ4v) is 4.88. The molecule has 2 N–H and O–H groups in total. The lowest BCUT2D eigenvalue weighted by atomic mass is 10.0. The molecule has 4 aromatic rings. The number of fused-ring (bicyclic) bond motifs is 1. The van der Waals surface area contributed by atoms with Gasteiger partial charge < -0.3 is 14.9 Å². The molecule has 3 heterocycles. The molecule has 0 saturated carbocycles. The van der Waals surface area contributed by atoms with Crippen LogP contribution in [0.4, 0.5) is 20.5 Å². The van der Waals surface area contributed by atoms with Gasteiger partial charge in [0.05, 0.1) is 10.6 Å². The Balaban J connectivity index is 1.65. The Bertz CT molecular complexity index is 1650. The minimum absolute atomic E-state index is 0.167. The predicted octanol–water partition coefficient (Wildman–Crippen LogP) is 4.72. The zero-order valence-electron chi connectivity index (χ0n) is 21.3. The van der Waals surface area contributed by atoms with Crippen LogP contribution >= 0.6 is 11.6 Å². The Labute approximate surface area is 232 Å². The van der Waals surface area contributed by atoms with E-state index in [0.717, 1.165) is 6.07 Å². The first-order valence-corrected chi connectivity index (χ1v) is 12.6. The van der Waals surface area contributed by atoms with Gasteiger partial charge in [0.1, 0.15) is 22.9 Å². The van der Waals surface area contributed by atoms with Crippen molar-refractivity contribution in [3.05, 3.63) is 83.2 Å². The summed E-state index contributed by atoms with van der Waals surface area (Å²) in [6, 6.07) is 8.07. The Morgan fingerprint density at radius 3 is 2.52 bits per heavy atom.